The lowest BCUT2D eigenvalue weighted by Crippen LogP contribution is -2.26. The van der Waals surface area contributed by atoms with Crippen LogP contribution in [-0.4, -0.2) is 24.6 Å². The van der Waals surface area contributed by atoms with Gasteiger partial charge in [0.05, 0.1) is 9.50 Å². The van der Waals surface area contributed by atoms with Crippen LogP contribution in [-0.2, 0) is 0 Å². The fourth-order valence-corrected chi connectivity index (χ4v) is 2.23. The zero-order valence-electron chi connectivity index (χ0n) is 8.71. The van der Waals surface area contributed by atoms with Crippen molar-refractivity contribution in [2.45, 2.75) is 13.3 Å². The number of anilines is 1. The predicted molar refractivity (Wildman–Crippen MR) is 68.5 cm³/mol. The molecule has 0 bridgehead atoms. The Morgan fingerprint density at radius 3 is 2.87 bits per heavy atom. The van der Waals surface area contributed by atoms with Gasteiger partial charge >= 0.3 is 0 Å². The van der Waals surface area contributed by atoms with Crippen molar-refractivity contribution >= 4 is 33.3 Å². The third-order valence-electron chi connectivity index (χ3n) is 2.10. The van der Waals surface area contributed by atoms with Crippen molar-refractivity contribution in [1.29, 1.82) is 0 Å². The fraction of sp³-hybridized carbons (Fsp3) is 0.500. The van der Waals surface area contributed by atoms with Crippen LogP contribution in [0.5, 0.6) is 0 Å². The minimum Gasteiger partial charge on any atom is -0.356 e. The third-order valence-corrected chi connectivity index (χ3v) is 2.89. The van der Waals surface area contributed by atoms with Gasteiger partial charge in [-0.05, 0) is 41.9 Å². The molecule has 0 aliphatic rings. The lowest BCUT2D eigenvalue weighted by Gasteiger charge is -2.22. The second-order valence-electron chi connectivity index (χ2n) is 3.18. The maximum atomic E-state index is 5.84. The molecule has 0 saturated carbocycles. The monoisotopic (exact) mass is 291 g/mol. The Morgan fingerprint density at radius 2 is 2.33 bits per heavy atom. The highest BCUT2D eigenvalue weighted by molar-refractivity contribution is 9.10. The molecule has 1 aromatic rings. The third kappa shape index (κ3) is 3.63. The van der Waals surface area contributed by atoms with E-state index in [0.29, 0.717) is 11.6 Å². The van der Waals surface area contributed by atoms with E-state index in [1.807, 2.05) is 6.07 Å². The highest BCUT2D eigenvalue weighted by Gasteiger charge is 2.09. The van der Waals surface area contributed by atoms with Gasteiger partial charge in [0.15, 0.2) is 0 Å². The van der Waals surface area contributed by atoms with E-state index in [1.165, 1.54) is 0 Å². The molecule has 0 fully saturated rings. The molecule has 0 aromatic carbocycles. The molecule has 15 heavy (non-hydrogen) atoms. The highest BCUT2D eigenvalue weighted by Crippen LogP contribution is 2.26. The number of aromatic nitrogens is 1. The molecule has 0 radical (unpaired) electrons. The minimum atomic E-state index is 0.639. The molecule has 1 heterocycles. The van der Waals surface area contributed by atoms with Gasteiger partial charge in [-0.25, -0.2) is 4.98 Å². The zero-order valence-corrected chi connectivity index (χ0v) is 11.1. The summed E-state index contributed by atoms with van der Waals surface area (Å²) in [6, 6.07) is 1.86. The summed E-state index contributed by atoms with van der Waals surface area (Å²) in [6.45, 7) is 4.62. The minimum absolute atomic E-state index is 0.639. The Morgan fingerprint density at radius 1 is 1.60 bits per heavy atom. The van der Waals surface area contributed by atoms with E-state index < -0.39 is 0 Å². The van der Waals surface area contributed by atoms with Crippen LogP contribution in [0.2, 0.25) is 5.02 Å². The van der Waals surface area contributed by atoms with Gasteiger partial charge in [-0.15, -0.1) is 0 Å². The predicted octanol–water partition coefficient (Wildman–Crippen LogP) is 2.67. The first-order chi connectivity index (χ1) is 7.19. The molecule has 0 spiro atoms. The topological polar surface area (TPSA) is 42.1 Å². The first-order valence-corrected chi connectivity index (χ1v) is 6.12. The van der Waals surface area contributed by atoms with E-state index in [2.05, 4.69) is 32.7 Å². The number of hydrogen-bond donors (Lipinski definition) is 1. The SMILES string of the molecule is CCN(CCCN)c1ncc(Cl)cc1Br. The van der Waals surface area contributed by atoms with Crippen LogP contribution in [0.25, 0.3) is 0 Å². The molecular formula is C10H15BrClN3. The molecule has 3 nitrogen and oxygen atoms in total. The van der Waals surface area contributed by atoms with E-state index >= 15 is 0 Å². The summed E-state index contributed by atoms with van der Waals surface area (Å²) in [5, 5.41) is 0.639. The van der Waals surface area contributed by atoms with Gasteiger partial charge in [0.1, 0.15) is 5.82 Å². The van der Waals surface area contributed by atoms with Gasteiger partial charge in [0, 0.05) is 19.3 Å². The smallest absolute Gasteiger partial charge is 0.142 e. The van der Waals surface area contributed by atoms with Crippen LogP contribution in [0.4, 0.5) is 5.82 Å². The van der Waals surface area contributed by atoms with Crippen LogP contribution in [0, 0.1) is 0 Å². The average Bonchev–Trinajstić information content (AvgIpc) is 2.21. The van der Waals surface area contributed by atoms with Crippen molar-refractivity contribution in [3.63, 3.8) is 0 Å². The van der Waals surface area contributed by atoms with Crippen LogP contribution in [0.3, 0.4) is 0 Å². The van der Waals surface area contributed by atoms with E-state index in [4.69, 9.17) is 17.3 Å². The van der Waals surface area contributed by atoms with Gasteiger partial charge < -0.3 is 10.6 Å². The number of rotatable bonds is 5. The molecule has 1 rings (SSSR count). The van der Waals surface area contributed by atoms with Gasteiger partial charge in [-0.2, -0.15) is 0 Å². The zero-order chi connectivity index (χ0) is 11.3. The van der Waals surface area contributed by atoms with Crippen LogP contribution < -0.4 is 10.6 Å². The van der Waals surface area contributed by atoms with Gasteiger partial charge in [0.25, 0.3) is 0 Å². The van der Waals surface area contributed by atoms with E-state index in [0.717, 1.165) is 29.8 Å². The van der Waals surface area contributed by atoms with Gasteiger partial charge in [-0.1, -0.05) is 11.6 Å². The summed E-state index contributed by atoms with van der Waals surface area (Å²) in [7, 11) is 0. The van der Waals surface area contributed by atoms with Gasteiger partial charge in [0.2, 0.25) is 0 Å². The normalized spacial score (nSPS) is 10.4. The molecule has 84 valence electrons. The maximum absolute atomic E-state index is 5.84. The Kier molecular flexibility index (Phi) is 5.36. The van der Waals surface area contributed by atoms with Crippen LogP contribution in [0.15, 0.2) is 16.7 Å². The standard InChI is InChI=1S/C10H15BrClN3/c1-2-15(5-3-4-13)10-9(11)6-8(12)7-14-10/h6-7H,2-5,13H2,1H3. The number of nitrogens with two attached hydrogens (primary N) is 1. The molecule has 0 saturated heterocycles. The van der Waals surface area contributed by atoms with E-state index in [1.54, 1.807) is 6.20 Å². The molecule has 5 heteroatoms. The number of hydrogen-bond acceptors (Lipinski definition) is 3. The number of pyridine rings is 1. The molecule has 0 unspecified atom stereocenters. The summed E-state index contributed by atoms with van der Waals surface area (Å²) >= 11 is 9.30. The Labute approximate surface area is 104 Å². The highest BCUT2D eigenvalue weighted by atomic mass is 79.9. The summed E-state index contributed by atoms with van der Waals surface area (Å²) in [4.78, 5) is 6.48. The summed E-state index contributed by atoms with van der Waals surface area (Å²) in [5.74, 6) is 0.926. The quantitative estimate of drug-likeness (QED) is 0.907. The summed E-state index contributed by atoms with van der Waals surface area (Å²) < 4.78 is 0.925. The van der Waals surface area contributed by atoms with E-state index in [-0.39, 0.29) is 0 Å². The first kappa shape index (κ1) is 12.7. The molecule has 0 amide bonds. The Bertz CT molecular complexity index is 320. The first-order valence-electron chi connectivity index (χ1n) is 4.95. The van der Waals surface area contributed by atoms with Crippen LogP contribution in [0.1, 0.15) is 13.3 Å². The molecular weight excluding hydrogens is 277 g/mol. The molecule has 1 aromatic heterocycles. The van der Waals surface area contributed by atoms with Crippen molar-refractivity contribution < 1.29 is 0 Å². The van der Waals surface area contributed by atoms with Crippen molar-refractivity contribution in [3.8, 4) is 0 Å². The average molecular weight is 293 g/mol. The molecule has 0 atom stereocenters. The largest absolute Gasteiger partial charge is 0.356 e. The lowest BCUT2D eigenvalue weighted by molar-refractivity contribution is 0.743. The van der Waals surface area contributed by atoms with E-state index in [9.17, 15) is 0 Å². The van der Waals surface area contributed by atoms with Crippen molar-refractivity contribution in [2.75, 3.05) is 24.5 Å². The second-order valence-corrected chi connectivity index (χ2v) is 4.47. The fourth-order valence-electron chi connectivity index (χ4n) is 1.34. The summed E-state index contributed by atoms with van der Waals surface area (Å²) in [5.41, 5.74) is 5.49. The second kappa shape index (κ2) is 6.30. The number of nitrogens with zero attached hydrogens (tertiary/aromatic N) is 2. The maximum Gasteiger partial charge on any atom is 0.142 e. The number of halogens is 2. The van der Waals surface area contributed by atoms with Crippen molar-refractivity contribution in [2.24, 2.45) is 5.73 Å². The van der Waals surface area contributed by atoms with Crippen molar-refractivity contribution in [3.05, 3.63) is 21.8 Å². The molecule has 0 aliphatic carbocycles. The lowest BCUT2D eigenvalue weighted by atomic mass is 10.3. The Hall–Kier alpha value is -0.320. The molecule has 0 aliphatic heterocycles. The van der Waals surface area contributed by atoms with Crippen LogP contribution >= 0.6 is 27.5 Å². The van der Waals surface area contributed by atoms with Crippen molar-refractivity contribution in [1.82, 2.24) is 4.98 Å². The van der Waals surface area contributed by atoms with Gasteiger partial charge in [-0.3, -0.25) is 0 Å². The summed E-state index contributed by atoms with van der Waals surface area (Å²) in [6.07, 6.45) is 2.62. The Balaban J connectivity index is 2.81. The molecule has 2 N–H and O–H groups in total.